The number of nitrogens with one attached hydrogen (secondary N) is 2. The fraction of sp³-hybridized carbons (Fsp3) is 0.290. The molecule has 0 fully saturated rings. The van der Waals surface area contributed by atoms with Crippen molar-refractivity contribution in [3.8, 4) is 17.2 Å². The van der Waals surface area contributed by atoms with Gasteiger partial charge in [0.25, 0.3) is 5.91 Å². The standard InChI is InChI=1S/C31H32N4O6S/c1-20-15-22(24-11-6-7-12-27(24)42(38,39)35-30(2,3)4)13-14-25(20)33-29(37)31(18-28(36)40-5)17-26(34-41-31)23-10-8-9-21(16-23)19-32/h6-16,35H,17-18H2,1-5H3,(H,33,37). The maximum Gasteiger partial charge on any atom is 0.310 e. The van der Waals surface area contributed by atoms with Gasteiger partial charge >= 0.3 is 5.97 Å². The third kappa shape index (κ3) is 6.67. The van der Waals surface area contributed by atoms with Crippen molar-refractivity contribution in [1.29, 1.82) is 5.26 Å². The van der Waals surface area contributed by atoms with E-state index in [1.165, 1.54) is 7.11 Å². The summed E-state index contributed by atoms with van der Waals surface area (Å²) in [6.07, 6.45) is -0.407. The number of aryl methyl sites for hydroxylation is 1. The molecular weight excluding hydrogens is 556 g/mol. The molecule has 3 aromatic rings. The molecule has 0 aromatic heterocycles. The third-order valence-corrected chi connectivity index (χ3v) is 8.40. The number of carbonyl (C=O) groups excluding carboxylic acids is 2. The molecule has 0 aliphatic carbocycles. The molecule has 1 aliphatic rings. The first-order valence-electron chi connectivity index (χ1n) is 13.1. The number of hydrogen-bond acceptors (Lipinski definition) is 8. The summed E-state index contributed by atoms with van der Waals surface area (Å²) < 4.78 is 33.8. The molecule has 2 N–H and O–H groups in total. The number of benzene rings is 3. The van der Waals surface area contributed by atoms with Crippen molar-refractivity contribution < 1.29 is 27.6 Å². The maximum atomic E-state index is 13.7. The molecule has 0 saturated heterocycles. The Kier molecular flexibility index (Phi) is 8.52. The van der Waals surface area contributed by atoms with Gasteiger partial charge in [0.1, 0.15) is 0 Å². The van der Waals surface area contributed by atoms with Crippen LogP contribution in [-0.4, -0.2) is 44.3 Å². The second kappa shape index (κ2) is 11.8. The van der Waals surface area contributed by atoms with Gasteiger partial charge < -0.3 is 14.9 Å². The van der Waals surface area contributed by atoms with Gasteiger partial charge in [0, 0.05) is 28.8 Å². The summed E-state index contributed by atoms with van der Waals surface area (Å²) in [6.45, 7) is 7.09. The molecule has 1 aliphatic heterocycles. The van der Waals surface area contributed by atoms with Gasteiger partial charge in [0.05, 0.1) is 35.8 Å². The van der Waals surface area contributed by atoms with E-state index < -0.39 is 33.0 Å². The number of esters is 1. The molecule has 1 heterocycles. The Balaban J connectivity index is 1.62. The zero-order valence-electron chi connectivity index (χ0n) is 24.0. The van der Waals surface area contributed by atoms with E-state index in [0.717, 1.165) is 0 Å². The number of carbonyl (C=O) groups is 2. The van der Waals surface area contributed by atoms with Crippen LogP contribution < -0.4 is 10.0 Å². The molecule has 4 rings (SSSR count). The van der Waals surface area contributed by atoms with Gasteiger partial charge in [0.2, 0.25) is 15.6 Å². The van der Waals surface area contributed by atoms with Gasteiger partial charge in [0.15, 0.2) is 0 Å². The number of rotatable bonds is 8. The average molecular weight is 589 g/mol. The van der Waals surface area contributed by atoms with Crippen LogP contribution in [0.1, 0.15) is 50.3 Å². The van der Waals surface area contributed by atoms with Crippen LogP contribution in [0.5, 0.6) is 0 Å². The van der Waals surface area contributed by atoms with Crippen molar-refractivity contribution in [3.05, 3.63) is 83.4 Å². The summed E-state index contributed by atoms with van der Waals surface area (Å²) in [7, 11) is -2.59. The van der Waals surface area contributed by atoms with E-state index >= 15 is 0 Å². The minimum Gasteiger partial charge on any atom is -0.469 e. The Bertz CT molecular complexity index is 1720. The number of ether oxygens (including phenoxy) is 1. The minimum atomic E-state index is -3.82. The smallest absolute Gasteiger partial charge is 0.310 e. The zero-order valence-corrected chi connectivity index (χ0v) is 24.8. The first-order chi connectivity index (χ1) is 19.8. The van der Waals surface area contributed by atoms with Crippen molar-refractivity contribution >= 4 is 33.3 Å². The molecule has 42 heavy (non-hydrogen) atoms. The van der Waals surface area contributed by atoms with E-state index in [0.29, 0.717) is 39.2 Å². The van der Waals surface area contributed by atoms with Crippen LogP contribution >= 0.6 is 0 Å². The van der Waals surface area contributed by atoms with E-state index in [1.807, 2.05) is 0 Å². The molecule has 11 heteroatoms. The summed E-state index contributed by atoms with van der Waals surface area (Å²) in [6, 6.07) is 20.6. The molecule has 0 bridgehead atoms. The van der Waals surface area contributed by atoms with Crippen molar-refractivity contribution in [3.63, 3.8) is 0 Å². The van der Waals surface area contributed by atoms with Crippen LogP contribution in [0.25, 0.3) is 11.1 Å². The molecule has 0 spiro atoms. The van der Waals surface area contributed by atoms with Gasteiger partial charge in [-0.1, -0.05) is 41.6 Å². The molecule has 3 aromatic carbocycles. The van der Waals surface area contributed by atoms with Crippen molar-refractivity contribution in [2.24, 2.45) is 5.16 Å². The van der Waals surface area contributed by atoms with Crippen LogP contribution in [0, 0.1) is 18.3 Å². The van der Waals surface area contributed by atoms with E-state index in [1.54, 1.807) is 94.4 Å². The second-order valence-corrected chi connectivity index (χ2v) is 12.7. The summed E-state index contributed by atoms with van der Waals surface area (Å²) in [5.41, 5.74) is 1.36. The molecule has 0 saturated carbocycles. The van der Waals surface area contributed by atoms with Crippen molar-refractivity contribution in [2.75, 3.05) is 12.4 Å². The number of sulfonamides is 1. The lowest BCUT2D eigenvalue weighted by atomic mass is 9.89. The molecule has 1 unspecified atom stereocenters. The summed E-state index contributed by atoms with van der Waals surface area (Å²) in [4.78, 5) is 31.7. The quantitative estimate of drug-likeness (QED) is 0.363. The summed E-state index contributed by atoms with van der Waals surface area (Å²) in [5.74, 6) is -1.25. The number of hydrogen-bond donors (Lipinski definition) is 2. The Morgan fingerprint density at radius 3 is 2.48 bits per heavy atom. The highest BCUT2D eigenvalue weighted by atomic mass is 32.2. The number of methoxy groups -OCH3 is 1. The Labute approximate surface area is 245 Å². The van der Waals surface area contributed by atoms with Crippen LogP contribution in [0.15, 0.2) is 76.8 Å². The Morgan fingerprint density at radius 1 is 1.07 bits per heavy atom. The first kappa shape index (κ1) is 30.4. The van der Waals surface area contributed by atoms with Gasteiger partial charge in [-0.3, -0.25) is 9.59 Å². The van der Waals surface area contributed by atoms with Crippen molar-refractivity contribution in [2.45, 2.75) is 56.6 Å². The van der Waals surface area contributed by atoms with E-state index in [9.17, 15) is 23.3 Å². The lowest BCUT2D eigenvalue weighted by Crippen LogP contribution is -2.45. The van der Waals surface area contributed by atoms with Crippen LogP contribution in [0.2, 0.25) is 0 Å². The molecule has 10 nitrogen and oxygen atoms in total. The highest BCUT2D eigenvalue weighted by molar-refractivity contribution is 7.89. The topological polar surface area (TPSA) is 147 Å². The molecule has 0 radical (unpaired) electrons. The van der Waals surface area contributed by atoms with Crippen LogP contribution in [-0.2, 0) is 29.2 Å². The maximum absolute atomic E-state index is 13.7. The average Bonchev–Trinajstić information content (AvgIpc) is 3.38. The zero-order chi connectivity index (χ0) is 30.7. The normalized spacial score (nSPS) is 16.6. The molecule has 1 atom stereocenters. The second-order valence-electron chi connectivity index (χ2n) is 11.1. The lowest BCUT2D eigenvalue weighted by molar-refractivity contribution is -0.155. The fourth-order valence-corrected chi connectivity index (χ4v) is 6.26. The number of anilines is 1. The number of oxime groups is 1. The predicted molar refractivity (Wildman–Crippen MR) is 158 cm³/mol. The number of nitriles is 1. The van der Waals surface area contributed by atoms with E-state index in [-0.39, 0.29) is 17.7 Å². The van der Waals surface area contributed by atoms with E-state index in [2.05, 4.69) is 21.3 Å². The fourth-order valence-electron chi connectivity index (χ4n) is 4.61. The van der Waals surface area contributed by atoms with Gasteiger partial charge in [-0.2, -0.15) is 5.26 Å². The van der Waals surface area contributed by atoms with Crippen molar-refractivity contribution in [1.82, 2.24) is 4.72 Å². The monoisotopic (exact) mass is 588 g/mol. The first-order valence-corrected chi connectivity index (χ1v) is 14.6. The van der Waals surface area contributed by atoms with Gasteiger partial charge in [-0.25, -0.2) is 13.1 Å². The predicted octanol–water partition coefficient (Wildman–Crippen LogP) is 4.68. The lowest BCUT2D eigenvalue weighted by Gasteiger charge is -2.25. The Morgan fingerprint density at radius 2 is 1.81 bits per heavy atom. The van der Waals surface area contributed by atoms with Gasteiger partial charge in [-0.05, 0) is 69.2 Å². The third-order valence-electron chi connectivity index (χ3n) is 6.58. The van der Waals surface area contributed by atoms with E-state index in [4.69, 9.17) is 9.57 Å². The number of amides is 1. The highest BCUT2D eigenvalue weighted by Crippen LogP contribution is 2.34. The SMILES string of the molecule is COC(=O)CC1(C(=O)Nc2ccc(-c3ccccc3S(=O)(=O)NC(C)(C)C)cc2C)CC(c2cccc(C#N)c2)=NO1. The largest absolute Gasteiger partial charge is 0.469 e. The van der Waals surface area contributed by atoms with Gasteiger partial charge in [-0.15, -0.1) is 0 Å². The molecule has 1 amide bonds. The minimum absolute atomic E-state index is 0.0219. The molecular formula is C31H32N4O6S. The van der Waals surface area contributed by atoms with Crippen LogP contribution in [0.3, 0.4) is 0 Å². The highest BCUT2D eigenvalue weighted by Gasteiger charge is 2.49. The summed E-state index contributed by atoms with van der Waals surface area (Å²) in [5, 5.41) is 16.2. The molecule has 218 valence electrons. The van der Waals surface area contributed by atoms with Crippen LogP contribution in [0.4, 0.5) is 5.69 Å². The summed E-state index contributed by atoms with van der Waals surface area (Å²) >= 11 is 0. The Hall–Kier alpha value is -4.53. The number of nitrogens with zero attached hydrogens (tertiary/aromatic N) is 2.